The lowest BCUT2D eigenvalue weighted by molar-refractivity contribution is -0.112. The first-order valence-electron chi connectivity index (χ1n) is 6.12. The van der Waals surface area contributed by atoms with Crippen molar-refractivity contribution in [2.45, 2.75) is 13.0 Å². The Morgan fingerprint density at radius 2 is 2.21 bits per heavy atom. The molecule has 2 heterocycles. The molecule has 0 radical (unpaired) electrons. The van der Waals surface area contributed by atoms with Gasteiger partial charge >= 0.3 is 0 Å². The molecular formula is C13H13BrN2O3. The molecule has 1 fully saturated rings. The number of ether oxygens (including phenoxy) is 1. The van der Waals surface area contributed by atoms with E-state index in [1.54, 1.807) is 6.07 Å². The Balaban J connectivity index is 1.98. The van der Waals surface area contributed by atoms with Crippen LogP contribution in [0, 0.1) is 0 Å². The number of benzene rings is 1. The molecule has 5 nitrogen and oxygen atoms in total. The van der Waals surface area contributed by atoms with Crippen molar-refractivity contribution < 1.29 is 14.3 Å². The number of amides is 1. The third kappa shape index (κ3) is 2.15. The molecule has 1 aromatic carbocycles. The number of fused-ring (bicyclic) bond motifs is 1. The van der Waals surface area contributed by atoms with Crippen LogP contribution < -0.4 is 10.2 Å². The molecule has 2 aliphatic rings. The number of ketones is 1. The van der Waals surface area contributed by atoms with E-state index in [9.17, 15) is 9.59 Å². The van der Waals surface area contributed by atoms with Crippen LogP contribution in [0.2, 0.25) is 0 Å². The Kier molecular flexibility index (Phi) is 3.06. The van der Waals surface area contributed by atoms with Gasteiger partial charge in [-0.15, -0.1) is 0 Å². The molecule has 1 amide bonds. The van der Waals surface area contributed by atoms with Crippen molar-refractivity contribution in [1.29, 1.82) is 0 Å². The molecule has 1 N–H and O–H groups in total. The summed E-state index contributed by atoms with van der Waals surface area (Å²) in [5.74, 6) is -1.04. The minimum atomic E-state index is -0.561. The van der Waals surface area contributed by atoms with Crippen LogP contribution in [-0.4, -0.2) is 37.5 Å². The highest BCUT2D eigenvalue weighted by molar-refractivity contribution is 9.10. The second-order valence-electron chi connectivity index (χ2n) is 4.76. The number of halogens is 1. The van der Waals surface area contributed by atoms with Gasteiger partial charge in [0.05, 0.1) is 29.6 Å². The molecule has 19 heavy (non-hydrogen) atoms. The van der Waals surface area contributed by atoms with Crippen molar-refractivity contribution in [3.8, 4) is 0 Å². The lowest BCUT2D eigenvalue weighted by atomic mass is 10.1. The summed E-state index contributed by atoms with van der Waals surface area (Å²) in [6.45, 7) is 4.29. The molecule has 2 aliphatic heterocycles. The molecule has 0 aliphatic carbocycles. The number of anilines is 2. The Labute approximate surface area is 119 Å². The zero-order chi connectivity index (χ0) is 13.6. The van der Waals surface area contributed by atoms with Crippen LogP contribution in [0.4, 0.5) is 11.4 Å². The lowest BCUT2D eigenvalue weighted by Gasteiger charge is -2.33. The fourth-order valence-electron chi connectivity index (χ4n) is 2.43. The average Bonchev–Trinajstić information content (AvgIpc) is 2.65. The van der Waals surface area contributed by atoms with Gasteiger partial charge in [-0.25, -0.2) is 0 Å². The zero-order valence-corrected chi connectivity index (χ0v) is 12.0. The fraction of sp³-hybridized carbons (Fsp3) is 0.385. The maximum absolute atomic E-state index is 11.6. The number of Topliss-reactive ketones (excluding diaryl/α,β-unsaturated/α-hetero) is 1. The summed E-state index contributed by atoms with van der Waals surface area (Å²) in [5, 5.41) is 2.60. The van der Waals surface area contributed by atoms with Crippen molar-refractivity contribution in [2.75, 3.05) is 29.9 Å². The van der Waals surface area contributed by atoms with Crippen LogP contribution in [0.25, 0.3) is 0 Å². The number of carbonyl (C=O) groups is 2. The van der Waals surface area contributed by atoms with Gasteiger partial charge in [0.2, 0.25) is 0 Å². The first-order valence-corrected chi connectivity index (χ1v) is 6.91. The van der Waals surface area contributed by atoms with Gasteiger partial charge in [-0.2, -0.15) is 0 Å². The van der Waals surface area contributed by atoms with E-state index >= 15 is 0 Å². The van der Waals surface area contributed by atoms with Gasteiger partial charge in [0.25, 0.3) is 11.7 Å². The van der Waals surface area contributed by atoms with E-state index in [4.69, 9.17) is 4.74 Å². The maximum Gasteiger partial charge on any atom is 0.296 e. The highest BCUT2D eigenvalue weighted by atomic mass is 79.9. The molecule has 3 rings (SSSR count). The average molecular weight is 325 g/mol. The van der Waals surface area contributed by atoms with Crippen molar-refractivity contribution in [1.82, 2.24) is 0 Å². The molecule has 0 saturated carbocycles. The van der Waals surface area contributed by atoms with E-state index in [0.717, 1.165) is 23.2 Å². The molecule has 0 spiro atoms. The Bertz CT molecular complexity index is 573. The first-order chi connectivity index (χ1) is 9.06. The highest BCUT2D eigenvalue weighted by Gasteiger charge is 2.30. The monoisotopic (exact) mass is 324 g/mol. The molecule has 1 atom stereocenters. The van der Waals surface area contributed by atoms with Crippen LogP contribution in [0.5, 0.6) is 0 Å². The van der Waals surface area contributed by atoms with Crippen LogP contribution in [0.3, 0.4) is 0 Å². The van der Waals surface area contributed by atoms with Crippen LogP contribution >= 0.6 is 15.9 Å². The van der Waals surface area contributed by atoms with Gasteiger partial charge in [-0.05, 0) is 35.0 Å². The standard InChI is InChI=1S/C13H13BrN2O3/c1-7-6-16(2-3-19-7)11-5-10-8(4-9(11)14)12(17)13(18)15-10/h4-5,7H,2-3,6H2,1H3,(H,15,17,18). The summed E-state index contributed by atoms with van der Waals surface area (Å²) in [6, 6.07) is 3.56. The topological polar surface area (TPSA) is 58.6 Å². The second-order valence-corrected chi connectivity index (χ2v) is 5.61. The summed E-state index contributed by atoms with van der Waals surface area (Å²) in [4.78, 5) is 25.2. The molecule has 1 saturated heterocycles. The predicted octanol–water partition coefficient (Wildman–Crippen LogP) is 1.81. The van der Waals surface area contributed by atoms with Crippen molar-refractivity contribution in [3.63, 3.8) is 0 Å². The number of rotatable bonds is 1. The largest absolute Gasteiger partial charge is 0.375 e. The van der Waals surface area contributed by atoms with E-state index in [2.05, 4.69) is 26.1 Å². The van der Waals surface area contributed by atoms with Crippen LogP contribution in [-0.2, 0) is 9.53 Å². The minimum Gasteiger partial charge on any atom is -0.375 e. The van der Waals surface area contributed by atoms with E-state index < -0.39 is 11.7 Å². The van der Waals surface area contributed by atoms with Crippen molar-refractivity contribution in [3.05, 3.63) is 22.2 Å². The van der Waals surface area contributed by atoms with Crippen molar-refractivity contribution >= 4 is 39.0 Å². The van der Waals surface area contributed by atoms with E-state index in [-0.39, 0.29) is 6.10 Å². The number of morpholine rings is 1. The van der Waals surface area contributed by atoms with Gasteiger partial charge in [0.15, 0.2) is 0 Å². The summed E-state index contributed by atoms with van der Waals surface area (Å²) in [6.07, 6.45) is 0.171. The molecule has 100 valence electrons. The van der Waals surface area contributed by atoms with Gasteiger partial charge in [0.1, 0.15) is 0 Å². The van der Waals surface area contributed by atoms with Gasteiger partial charge in [0, 0.05) is 17.6 Å². The third-order valence-corrected chi connectivity index (χ3v) is 4.00. The lowest BCUT2D eigenvalue weighted by Crippen LogP contribution is -2.41. The van der Waals surface area contributed by atoms with Crippen LogP contribution in [0.15, 0.2) is 16.6 Å². The Morgan fingerprint density at radius 1 is 1.42 bits per heavy atom. The normalized spacial score (nSPS) is 22.4. The number of nitrogens with zero attached hydrogens (tertiary/aromatic N) is 1. The van der Waals surface area contributed by atoms with Gasteiger partial charge in [-0.3, -0.25) is 9.59 Å². The number of carbonyl (C=O) groups excluding carboxylic acids is 2. The first kappa shape index (κ1) is 12.6. The smallest absolute Gasteiger partial charge is 0.296 e. The van der Waals surface area contributed by atoms with Crippen molar-refractivity contribution in [2.24, 2.45) is 0 Å². The zero-order valence-electron chi connectivity index (χ0n) is 10.4. The highest BCUT2D eigenvalue weighted by Crippen LogP contribution is 2.35. The molecule has 1 aromatic rings. The molecule has 0 bridgehead atoms. The van der Waals surface area contributed by atoms with Gasteiger partial charge < -0.3 is 15.0 Å². The number of nitrogens with one attached hydrogen (secondary N) is 1. The van der Waals surface area contributed by atoms with Gasteiger partial charge in [-0.1, -0.05) is 0 Å². The van der Waals surface area contributed by atoms with E-state index in [1.807, 2.05) is 13.0 Å². The maximum atomic E-state index is 11.6. The second kappa shape index (κ2) is 4.61. The third-order valence-electron chi connectivity index (χ3n) is 3.37. The molecule has 1 unspecified atom stereocenters. The quantitative estimate of drug-likeness (QED) is 0.800. The molecular weight excluding hydrogens is 312 g/mol. The Hall–Kier alpha value is -1.40. The summed E-state index contributed by atoms with van der Waals surface area (Å²) >= 11 is 3.48. The molecule has 0 aromatic heterocycles. The predicted molar refractivity (Wildman–Crippen MR) is 74.7 cm³/mol. The van der Waals surface area contributed by atoms with Crippen LogP contribution in [0.1, 0.15) is 17.3 Å². The van der Waals surface area contributed by atoms with E-state index in [1.165, 1.54) is 0 Å². The summed E-state index contributed by atoms with van der Waals surface area (Å²) in [7, 11) is 0. The van der Waals surface area contributed by atoms with E-state index in [0.29, 0.717) is 17.9 Å². The number of hydrogen-bond donors (Lipinski definition) is 1. The number of hydrogen-bond acceptors (Lipinski definition) is 4. The Morgan fingerprint density at radius 3 is 2.95 bits per heavy atom. The fourth-order valence-corrected chi connectivity index (χ4v) is 3.03. The summed E-state index contributed by atoms with van der Waals surface area (Å²) in [5.41, 5.74) is 2.00. The summed E-state index contributed by atoms with van der Waals surface area (Å²) < 4.78 is 6.34. The molecule has 6 heteroatoms. The SMILES string of the molecule is CC1CN(c2cc3c(cc2Br)C(=O)C(=O)N3)CCO1. The minimum absolute atomic E-state index is 0.171.